The lowest BCUT2D eigenvalue weighted by Crippen LogP contribution is -2.50. The molecular formula is C14H18N2O4S. The van der Waals surface area contributed by atoms with Crippen LogP contribution in [0.4, 0.5) is 0 Å². The summed E-state index contributed by atoms with van der Waals surface area (Å²) in [5.41, 5.74) is 1.05. The first-order chi connectivity index (χ1) is 9.90. The maximum absolute atomic E-state index is 12.6. The van der Waals surface area contributed by atoms with Gasteiger partial charge >= 0.3 is 0 Å². The number of hydrogen-bond donors (Lipinski definition) is 1. The first kappa shape index (κ1) is 14.5. The average molecular weight is 310 g/mol. The van der Waals surface area contributed by atoms with Crippen molar-refractivity contribution in [1.82, 2.24) is 4.90 Å². The van der Waals surface area contributed by atoms with Gasteiger partial charge in [-0.05, 0) is 30.5 Å². The van der Waals surface area contributed by atoms with E-state index >= 15 is 0 Å². The van der Waals surface area contributed by atoms with E-state index in [2.05, 4.69) is 0 Å². The maximum atomic E-state index is 12.6. The number of carbonyl (C=O) groups excluding carboxylic acids is 1. The van der Waals surface area contributed by atoms with Gasteiger partial charge in [0.15, 0.2) is 0 Å². The number of benzene rings is 1. The maximum Gasteiger partial charge on any atom is 0.254 e. The lowest BCUT2D eigenvalue weighted by molar-refractivity contribution is -0.0117. The van der Waals surface area contributed by atoms with Crippen molar-refractivity contribution in [3.63, 3.8) is 0 Å². The van der Waals surface area contributed by atoms with Crippen molar-refractivity contribution in [3.8, 4) is 0 Å². The number of rotatable bonds is 3. The number of amides is 1. The Morgan fingerprint density at radius 2 is 1.95 bits per heavy atom. The second-order valence-corrected chi connectivity index (χ2v) is 7.35. The molecule has 7 heteroatoms. The summed E-state index contributed by atoms with van der Waals surface area (Å²) < 4.78 is 27.6. The third-order valence-electron chi connectivity index (χ3n) is 4.04. The summed E-state index contributed by atoms with van der Waals surface area (Å²) in [5.74, 6) is -0.235. The van der Waals surface area contributed by atoms with E-state index in [1.807, 2.05) is 4.90 Å². The van der Waals surface area contributed by atoms with Crippen LogP contribution >= 0.6 is 0 Å². The van der Waals surface area contributed by atoms with Crippen molar-refractivity contribution in [2.45, 2.75) is 24.1 Å². The van der Waals surface area contributed by atoms with Gasteiger partial charge in [0, 0.05) is 12.1 Å². The molecule has 1 aliphatic heterocycles. The summed E-state index contributed by atoms with van der Waals surface area (Å²) in [6, 6.07) is 6.60. The zero-order valence-electron chi connectivity index (χ0n) is 11.6. The van der Waals surface area contributed by atoms with Gasteiger partial charge < -0.3 is 9.64 Å². The summed E-state index contributed by atoms with van der Waals surface area (Å²) in [7, 11) is -3.55. The zero-order chi connectivity index (χ0) is 15.1. The SMILES string of the molecule is NS(=O)(=O)Cc1ccc(C(=O)N2CCOCC23CC3)cc1. The van der Waals surface area contributed by atoms with Gasteiger partial charge in [0.05, 0.1) is 24.5 Å². The lowest BCUT2D eigenvalue weighted by Gasteiger charge is -2.36. The first-order valence-corrected chi connectivity index (χ1v) is 8.60. The van der Waals surface area contributed by atoms with Gasteiger partial charge in [0.1, 0.15) is 0 Å². The van der Waals surface area contributed by atoms with Gasteiger partial charge in [0.25, 0.3) is 5.91 Å². The Kier molecular flexibility index (Phi) is 3.51. The summed E-state index contributed by atoms with van der Waals surface area (Å²) in [4.78, 5) is 14.5. The number of sulfonamides is 1. The molecule has 114 valence electrons. The van der Waals surface area contributed by atoms with Gasteiger partial charge in [-0.1, -0.05) is 12.1 Å². The van der Waals surface area contributed by atoms with E-state index in [9.17, 15) is 13.2 Å². The van der Waals surface area contributed by atoms with E-state index in [0.717, 1.165) is 12.8 Å². The van der Waals surface area contributed by atoms with Crippen LogP contribution in [0.2, 0.25) is 0 Å². The van der Waals surface area contributed by atoms with Crippen molar-refractivity contribution in [3.05, 3.63) is 35.4 Å². The number of primary sulfonamides is 1. The van der Waals surface area contributed by atoms with Crippen LogP contribution in [0.5, 0.6) is 0 Å². The first-order valence-electron chi connectivity index (χ1n) is 6.89. The second kappa shape index (κ2) is 5.08. The monoisotopic (exact) mass is 310 g/mol. The Morgan fingerprint density at radius 1 is 1.29 bits per heavy atom. The Hall–Kier alpha value is -1.44. The van der Waals surface area contributed by atoms with Crippen LogP contribution in [0.3, 0.4) is 0 Å². The molecule has 1 aromatic rings. The highest BCUT2D eigenvalue weighted by Gasteiger charge is 2.52. The molecule has 0 bridgehead atoms. The van der Waals surface area contributed by atoms with E-state index in [1.54, 1.807) is 24.3 Å². The summed E-state index contributed by atoms with van der Waals surface area (Å²) in [6.07, 6.45) is 1.98. The largest absolute Gasteiger partial charge is 0.377 e. The summed E-state index contributed by atoms with van der Waals surface area (Å²) >= 11 is 0. The predicted molar refractivity (Wildman–Crippen MR) is 77.1 cm³/mol. The standard InChI is InChI=1S/C14H18N2O4S/c15-21(18,19)9-11-1-3-12(4-2-11)13(17)16-7-8-20-10-14(16)5-6-14/h1-4H,5-10H2,(H2,15,18,19). The smallest absolute Gasteiger partial charge is 0.254 e. The molecule has 2 fully saturated rings. The molecule has 0 radical (unpaired) electrons. The van der Waals surface area contributed by atoms with E-state index in [0.29, 0.717) is 30.9 Å². The second-order valence-electron chi connectivity index (χ2n) is 5.74. The number of ether oxygens (including phenoxy) is 1. The van der Waals surface area contributed by atoms with Gasteiger partial charge in [-0.3, -0.25) is 4.79 Å². The molecule has 1 amide bonds. The van der Waals surface area contributed by atoms with Gasteiger partial charge in [-0.2, -0.15) is 0 Å². The number of morpholine rings is 1. The predicted octanol–water partition coefficient (Wildman–Crippen LogP) is 0.480. The minimum absolute atomic E-state index is 0.0158. The van der Waals surface area contributed by atoms with Crippen LogP contribution in [-0.2, 0) is 20.5 Å². The quantitative estimate of drug-likeness (QED) is 0.879. The Balaban J connectivity index is 1.76. The minimum atomic E-state index is -3.55. The average Bonchev–Trinajstić information content (AvgIpc) is 3.18. The topological polar surface area (TPSA) is 89.7 Å². The number of nitrogens with zero attached hydrogens (tertiary/aromatic N) is 1. The number of carbonyl (C=O) groups is 1. The molecule has 2 aliphatic rings. The van der Waals surface area contributed by atoms with Crippen LogP contribution in [0.15, 0.2) is 24.3 Å². The van der Waals surface area contributed by atoms with Crippen molar-refractivity contribution in [2.24, 2.45) is 5.14 Å². The highest BCUT2D eigenvalue weighted by molar-refractivity contribution is 7.88. The highest BCUT2D eigenvalue weighted by Crippen LogP contribution is 2.44. The molecule has 2 N–H and O–H groups in total. The molecule has 21 heavy (non-hydrogen) atoms. The molecule has 0 unspecified atom stereocenters. The van der Waals surface area contributed by atoms with Crippen LogP contribution in [0, 0.1) is 0 Å². The molecule has 0 atom stereocenters. The molecular weight excluding hydrogens is 292 g/mol. The lowest BCUT2D eigenvalue weighted by atomic mass is 10.1. The van der Waals surface area contributed by atoms with E-state index in [-0.39, 0.29) is 17.2 Å². The van der Waals surface area contributed by atoms with E-state index in [4.69, 9.17) is 9.88 Å². The summed E-state index contributed by atoms with van der Waals surface area (Å²) in [5, 5.41) is 5.01. The van der Waals surface area contributed by atoms with Crippen molar-refractivity contribution in [1.29, 1.82) is 0 Å². The number of nitrogens with two attached hydrogens (primary N) is 1. The fraction of sp³-hybridized carbons (Fsp3) is 0.500. The van der Waals surface area contributed by atoms with Crippen LogP contribution in [0.25, 0.3) is 0 Å². The Bertz CT molecular complexity index is 650. The highest BCUT2D eigenvalue weighted by atomic mass is 32.2. The van der Waals surface area contributed by atoms with Crippen LogP contribution in [0.1, 0.15) is 28.8 Å². The third kappa shape index (κ3) is 3.09. The normalized spacial score (nSPS) is 20.5. The van der Waals surface area contributed by atoms with Crippen LogP contribution < -0.4 is 5.14 Å². The van der Waals surface area contributed by atoms with Gasteiger partial charge in [-0.25, -0.2) is 13.6 Å². The minimum Gasteiger partial charge on any atom is -0.377 e. The fourth-order valence-electron chi connectivity index (χ4n) is 2.74. The van der Waals surface area contributed by atoms with Crippen molar-refractivity contribution >= 4 is 15.9 Å². The molecule has 1 spiro atoms. The summed E-state index contributed by atoms with van der Waals surface area (Å²) in [6.45, 7) is 1.79. The molecule has 1 saturated heterocycles. The van der Waals surface area contributed by atoms with Crippen LogP contribution in [-0.4, -0.2) is 44.5 Å². The molecule has 1 heterocycles. The molecule has 1 aliphatic carbocycles. The molecule has 3 rings (SSSR count). The molecule has 1 saturated carbocycles. The fourth-order valence-corrected chi connectivity index (χ4v) is 3.40. The Labute approximate surface area is 123 Å². The van der Waals surface area contributed by atoms with Gasteiger partial charge in [0.2, 0.25) is 10.0 Å². The van der Waals surface area contributed by atoms with Crippen molar-refractivity contribution in [2.75, 3.05) is 19.8 Å². The molecule has 6 nitrogen and oxygen atoms in total. The van der Waals surface area contributed by atoms with E-state index < -0.39 is 10.0 Å². The third-order valence-corrected chi connectivity index (χ3v) is 4.78. The van der Waals surface area contributed by atoms with E-state index in [1.165, 1.54) is 0 Å². The molecule has 0 aromatic heterocycles. The Morgan fingerprint density at radius 3 is 2.52 bits per heavy atom. The number of hydrogen-bond acceptors (Lipinski definition) is 4. The van der Waals surface area contributed by atoms with Crippen molar-refractivity contribution < 1.29 is 17.9 Å². The van der Waals surface area contributed by atoms with Gasteiger partial charge in [-0.15, -0.1) is 0 Å². The zero-order valence-corrected chi connectivity index (χ0v) is 12.4. The molecule has 1 aromatic carbocycles.